The largest absolute Gasteiger partial charge is 0.368 e. The first-order valence-electron chi connectivity index (χ1n) is 16.0. The average molecular weight is 630 g/mol. The van der Waals surface area contributed by atoms with Crippen molar-refractivity contribution >= 4 is 46.1 Å². The predicted molar refractivity (Wildman–Crippen MR) is 178 cm³/mol. The van der Waals surface area contributed by atoms with E-state index >= 15 is 0 Å². The maximum Gasteiger partial charge on any atom is 0.263 e. The van der Waals surface area contributed by atoms with Gasteiger partial charge in [-0.2, -0.15) is 4.98 Å². The number of pyridine rings is 2. The number of ketones is 1. The van der Waals surface area contributed by atoms with E-state index in [1.165, 1.54) is 13.0 Å². The highest BCUT2D eigenvalue weighted by molar-refractivity contribution is 5.99. The van der Waals surface area contributed by atoms with Gasteiger partial charge in [-0.05, 0) is 63.3 Å². The molecule has 0 radical (unpaired) electrons. The molecule has 1 aliphatic heterocycles. The van der Waals surface area contributed by atoms with Crippen LogP contribution in [0.3, 0.4) is 0 Å². The van der Waals surface area contributed by atoms with Gasteiger partial charge in [-0.1, -0.05) is 19.4 Å². The van der Waals surface area contributed by atoms with E-state index in [2.05, 4.69) is 42.3 Å². The Balaban J connectivity index is 1.15. The number of amides is 2. The van der Waals surface area contributed by atoms with Gasteiger partial charge in [0.15, 0.2) is 5.78 Å². The molecule has 0 spiro atoms. The Morgan fingerprint density at radius 3 is 2.37 bits per heavy atom. The monoisotopic (exact) mass is 629 g/mol. The molecule has 2 amide bonds. The second-order valence-corrected chi connectivity index (χ2v) is 11.9. The molecule has 244 valence electrons. The van der Waals surface area contributed by atoms with E-state index in [1.54, 1.807) is 23.9 Å². The number of carbonyl (C=O) groups excluding carboxylic acids is 3. The first-order chi connectivity index (χ1) is 22.2. The number of piperazine rings is 1. The Morgan fingerprint density at radius 1 is 1.00 bits per heavy atom. The fraction of sp³-hybridized carbons (Fsp3) is 0.485. The van der Waals surface area contributed by atoms with Crippen molar-refractivity contribution in [3.05, 3.63) is 58.7 Å². The molecular formula is C33H43N9O4. The number of hydrogen-bond acceptors (Lipinski definition) is 10. The molecular weight excluding hydrogens is 586 g/mol. The summed E-state index contributed by atoms with van der Waals surface area (Å²) < 4.78 is 1.70. The first kappa shape index (κ1) is 32.7. The fourth-order valence-electron chi connectivity index (χ4n) is 6.26. The molecule has 0 unspecified atom stereocenters. The zero-order valence-corrected chi connectivity index (χ0v) is 26.7. The quantitative estimate of drug-likeness (QED) is 0.146. The van der Waals surface area contributed by atoms with Crippen LogP contribution in [0.25, 0.3) is 11.0 Å². The minimum atomic E-state index is -0.278. The maximum atomic E-state index is 13.5. The van der Waals surface area contributed by atoms with Crippen molar-refractivity contribution in [3.63, 3.8) is 0 Å². The van der Waals surface area contributed by atoms with Crippen molar-refractivity contribution in [1.29, 1.82) is 0 Å². The molecule has 1 saturated carbocycles. The molecule has 0 atom stereocenters. The molecule has 4 heterocycles. The summed E-state index contributed by atoms with van der Waals surface area (Å²) >= 11 is 0. The number of hydrogen-bond donors (Lipinski definition) is 3. The third kappa shape index (κ3) is 7.76. The number of carbonyl (C=O) groups is 3. The average Bonchev–Trinajstić information content (AvgIpc) is 3.58. The van der Waals surface area contributed by atoms with Gasteiger partial charge in [-0.25, -0.2) is 9.97 Å². The number of Topliss-reactive ketones (excluding diaryl/α,β-unsaturated/α-hetero) is 1. The van der Waals surface area contributed by atoms with Crippen LogP contribution in [0.15, 0.2) is 42.0 Å². The predicted octanol–water partition coefficient (Wildman–Crippen LogP) is 2.88. The zero-order valence-electron chi connectivity index (χ0n) is 26.7. The molecule has 3 aromatic rings. The molecule has 0 bridgehead atoms. The summed E-state index contributed by atoms with van der Waals surface area (Å²) in [6.45, 7) is 11.2. The topological polar surface area (TPSA) is 154 Å². The highest BCUT2D eigenvalue weighted by Crippen LogP contribution is 2.32. The van der Waals surface area contributed by atoms with Gasteiger partial charge in [0.2, 0.25) is 17.8 Å². The molecule has 13 heteroatoms. The van der Waals surface area contributed by atoms with E-state index in [4.69, 9.17) is 4.98 Å². The molecule has 2 fully saturated rings. The highest BCUT2D eigenvalue weighted by atomic mass is 16.2. The second kappa shape index (κ2) is 15.1. The molecule has 2 aliphatic rings. The van der Waals surface area contributed by atoms with Crippen molar-refractivity contribution in [1.82, 2.24) is 35.1 Å². The summed E-state index contributed by atoms with van der Waals surface area (Å²) in [6.07, 6.45) is 10.2. The Hall–Kier alpha value is -4.65. The van der Waals surface area contributed by atoms with Crippen LogP contribution in [0.5, 0.6) is 0 Å². The third-order valence-corrected chi connectivity index (χ3v) is 8.75. The third-order valence-electron chi connectivity index (χ3n) is 8.75. The van der Waals surface area contributed by atoms with Crippen molar-refractivity contribution < 1.29 is 14.4 Å². The van der Waals surface area contributed by atoms with Crippen LogP contribution in [0, 0.1) is 6.92 Å². The van der Waals surface area contributed by atoms with Crippen LogP contribution >= 0.6 is 0 Å². The van der Waals surface area contributed by atoms with Crippen LogP contribution in [0.4, 0.5) is 17.5 Å². The van der Waals surface area contributed by atoms with Crippen LogP contribution in [-0.2, 0) is 9.59 Å². The number of anilines is 3. The Kier molecular flexibility index (Phi) is 10.7. The molecule has 5 rings (SSSR count). The van der Waals surface area contributed by atoms with Crippen LogP contribution in [-0.4, -0.2) is 87.8 Å². The summed E-state index contributed by atoms with van der Waals surface area (Å²) in [5, 5.41) is 9.56. The van der Waals surface area contributed by atoms with Crippen molar-refractivity contribution in [2.24, 2.45) is 0 Å². The van der Waals surface area contributed by atoms with Crippen molar-refractivity contribution in [2.75, 3.05) is 56.0 Å². The SMILES string of the molecule is C=CC(=O)NCCCCNC(=O)CN1CCN(c2ccc(Nc3ncc4c(C)c(C(C)=O)c(=O)n(C5CCCC5)c4n3)nc2)CC1. The van der Waals surface area contributed by atoms with Crippen LogP contribution in [0.2, 0.25) is 0 Å². The smallest absolute Gasteiger partial charge is 0.263 e. The lowest BCUT2D eigenvalue weighted by atomic mass is 10.0. The minimum absolute atomic E-state index is 0.00581. The van der Waals surface area contributed by atoms with Crippen molar-refractivity contribution in [3.8, 4) is 0 Å². The van der Waals surface area contributed by atoms with Gasteiger partial charge in [-0.15, -0.1) is 0 Å². The fourth-order valence-corrected chi connectivity index (χ4v) is 6.26. The van der Waals surface area contributed by atoms with Gasteiger partial charge in [0.05, 0.1) is 24.0 Å². The molecule has 0 aromatic carbocycles. The van der Waals surface area contributed by atoms with E-state index in [9.17, 15) is 19.2 Å². The normalized spacial score (nSPS) is 15.6. The number of nitrogens with zero attached hydrogens (tertiary/aromatic N) is 6. The number of fused-ring (bicyclic) bond motifs is 1. The number of rotatable bonds is 13. The Bertz CT molecular complexity index is 1640. The zero-order chi connectivity index (χ0) is 32.6. The van der Waals surface area contributed by atoms with E-state index in [-0.39, 0.29) is 34.8 Å². The highest BCUT2D eigenvalue weighted by Gasteiger charge is 2.26. The maximum absolute atomic E-state index is 13.5. The summed E-state index contributed by atoms with van der Waals surface area (Å²) in [7, 11) is 0. The molecule has 13 nitrogen and oxygen atoms in total. The van der Waals surface area contributed by atoms with E-state index in [1.807, 2.05) is 12.1 Å². The van der Waals surface area contributed by atoms with Gasteiger partial charge in [0.1, 0.15) is 11.5 Å². The molecule has 1 saturated heterocycles. The molecule has 46 heavy (non-hydrogen) atoms. The summed E-state index contributed by atoms with van der Waals surface area (Å²) in [4.78, 5) is 67.6. The van der Waals surface area contributed by atoms with Gasteiger partial charge < -0.3 is 20.9 Å². The van der Waals surface area contributed by atoms with Gasteiger partial charge in [0, 0.05) is 56.9 Å². The standard InChI is InChI=1S/C33H43N9O4/c1-4-28(44)34-13-7-8-14-35-29(45)21-40-15-17-41(18-16-40)25-11-12-27(36-19-25)38-33-37-20-26-22(2)30(23(3)43)32(46)42(31(26)39-33)24-9-5-6-10-24/h4,11-12,19-20,24H,1,5-10,13-18,21H2,2-3H3,(H,34,44)(H,35,45)(H,36,37,38,39). The summed E-state index contributed by atoms with van der Waals surface area (Å²) in [5.74, 6) is 0.488. The number of aromatic nitrogens is 4. The summed E-state index contributed by atoms with van der Waals surface area (Å²) in [6, 6.07) is 3.88. The van der Waals surface area contributed by atoms with Crippen LogP contribution in [0.1, 0.15) is 67.4 Å². The first-order valence-corrected chi connectivity index (χ1v) is 16.0. The minimum Gasteiger partial charge on any atom is -0.368 e. The van der Waals surface area contributed by atoms with Gasteiger partial charge in [0.25, 0.3) is 5.56 Å². The molecule has 3 aromatic heterocycles. The molecule has 3 N–H and O–H groups in total. The van der Waals surface area contributed by atoms with Crippen LogP contribution < -0.4 is 26.4 Å². The van der Waals surface area contributed by atoms with Gasteiger partial charge in [-0.3, -0.25) is 28.6 Å². The lowest BCUT2D eigenvalue weighted by molar-refractivity contribution is -0.122. The number of aryl methyl sites for hydroxylation is 1. The van der Waals surface area contributed by atoms with E-state index in [0.29, 0.717) is 48.0 Å². The van der Waals surface area contributed by atoms with Crippen molar-refractivity contribution in [2.45, 2.75) is 58.4 Å². The number of nitrogens with one attached hydrogen (secondary N) is 3. The summed E-state index contributed by atoms with van der Waals surface area (Å²) in [5.41, 5.74) is 2.07. The second-order valence-electron chi connectivity index (χ2n) is 11.9. The van der Waals surface area contributed by atoms with E-state index < -0.39 is 0 Å². The molecule has 1 aliphatic carbocycles. The Labute approximate surface area is 268 Å². The number of unbranched alkanes of at least 4 members (excludes halogenated alkanes) is 1. The van der Waals surface area contributed by atoms with E-state index in [0.717, 1.165) is 70.4 Å². The Morgan fingerprint density at radius 2 is 1.72 bits per heavy atom. The lowest BCUT2D eigenvalue weighted by Gasteiger charge is -2.35. The van der Waals surface area contributed by atoms with Gasteiger partial charge >= 0.3 is 0 Å². The lowest BCUT2D eigenvalue weighted by Crippen LogP contribution is -2.49.